The molecule has 1 aromatic heterocycles. The van der Waals surface area contributed by atoms with E-state index in [0.717, 1.165) is 49.3 Å². The standard InChI is InChI=1S/C26H34N2O2/c1-21(2)12-8-7-11-19-30-23(4)13-9-5-6-10-18-28-22(3)20-27-26(28)24-14-16-25(29)17-15-24/h5-6,9,13-17,20,29H,1,4,7-8,10-12,18-19H2,2-3H3/b6-5-,13-9-. The molecule has 0 radical (unpaired) electrons. The Balaban J connectivity index is 1.71. The Morgan fingerprint density at radius 2 is 1.90 bits per heavy atom. The van der Waals surface area contributed by atoms with E-state index in [9.17, 15) is 5.11 Å². The summed E-state index contributed by atoms with van der Waals surface area (Å²) >= 11 is 0. The lowest BCUT2D eigenvalue weighted by molar-refractivity contribution is 0.218. The van der Waals surface area contributed by atoms with Gasteiger partial charge in [-0.3, -0.25) is 0 Å². The van der Waals surface area contributed by atoms with Crippen molar-refractivity contribution < 1.29 is 9.84 Å². The van der Waals surface area contributed by atoms with Crippen LogP contribution >= 0.6 is 0 Å². The quantitative estimate of drug-likeness (QED) is 0.173. The molecule has 0 unspecified atom stereocenters. The van der Waals surface area contributed by atoms with E-state index < -0.39 is 0 Å². The molecule has 0 amide bonds. The summed E-state index contributed by atoms with van der Waals surface area (Å²) in [5, 5.41) is 9.48. The minimum atomic E-state index is 0.261. The first-order valence-electron chi connectivity index (χ1n) is 10.6. The fraction of sp³-hybridized carbons (Fsp3) is 0.346. The normalized spacial score (nSPS) is 11.4. The molecule has 4 nitrogen and oxygen atoms in total. The van der Waals surface area contributed by atoms with Gasteiger partial charge in [-0.2, -0.15) is 0 Å². The highest BCUT2D eigenvalue weighted by Crippen LogP contribution is 2.22. The predicted molar refractivity (Wildman–Crippen MR) is 125 cm³/mol. The van der Waals surface area contributed by atoms with Crippen LogP contribution in [0.2, 0.25) is 0 Å². The summed E-state index contributed by atoms with van der Waals surface area (Å²) in [7, 11) is 0. The summed E-state index contributed by atoms with van der Waals surface area (Å²) in [6, 6.07) is 7.15. The molecule has 0 aliphatic heterocycles. The number of aryl methyl sites for hydroxylation is 1. The second kappa shape index (κ2) is 12.5. The summed E-state index contributed by atoms with van der Waals surface area (Å²) in [6.45, 7) is 13.5. The smallest absolute Gasteiger partial charge is 0.140 e. The van der Waals surface area contributed by atoms with E-state index >= 15 is 0 Å². The largest absolute Gasteiger partial charge is 0.508 e. The van der Waals surface area contributed by atoms with Crippen LogP contribution in [0.5, 0.6) is 5.75 Å². The molecular weight excluding hydrogens is 372 g/mol. The second-order valence-electron chi connectivity index (χ2n) is 7.58. The number of phenolic OH excluding ortho intramolecular Hbond substituents is 1. The van der Waals surface area contributed by atoms with Crippen molar-refractivity contribution in [1.82, 2.24) is 9.55 Å². The van der Waals surface area contributed by atoms with Gasteiger partial charge in [0.05, 0.1) is 6.61 Å². The molecule has 0 saturated carbocycles. The molecule has 30 heavy (non-hydrogen) atoms. The van der Waals surface area contributed by atoms with Gasteiger partial charge in [0.15, 0.2) is 0 Å². The Hall–Kier alpha value is -3.01. The fourth-order valence-electron chi connectivity index (χ4n) is 3.08. The number of hydrogen-bond acceptors (Lipinski definition) is 3. The Bertz CT molecular complexity index is 873. The van der Waals surface area contributed by atoms with Gasteiger partial charge in [-0.15, -0.1) is 6.58 Å². The minimum Gasteiger partial charge on any atom is -0.508 e. The number of aromatic nitrogens is 2. The summed E-state index contributed by atoms with van der Waals surface area (Å²) in [5.74, 6) is 1.87. The molecule has 0 atom stereocenters. The van der Waals surface area contributed by atoms with Crippen molar-refractivity contribution >= 4 is 0 Å². The third kappa shape index (κ3) is 8.16. The van der Waals surface area contributed by atoms with Gasteiger partial charge in [-0.1, -0.05) is 30.4 Å². The van der Waals surface area contributed by atoms with E-state index in [0.29, 0.717) is 12.4 Å². The van der Waals surface area contributed by atoms with Gasteiger partial charge in [0, 0.05) is 24.0 Å². The van der Waals surface area contributed by atoms with E-state index in [-0.39, 0.29) is 5.75 Å². The number of unbranched alkanes of at least 4 members (excludes halogenated alkanes) is 2. The zero-order valence-electron chi connectivity index (χ0n) is 18.3. The molecule has 4 heteroatoms. The average molecular weight is 407 g/mol. The van der Waals surface area contributed by atoms with E-state index in [2.05, 4.69) is 42.6 Å². The van der Waals surface area contributed by atoms with Gasteiger partial charge in [-0.25, -0.2) is 4.98 Å². The molecular formula is C26H34N2O2. The number of nitrogens with zero attached hydrogens (tertiary/aromatic N) is 2. The van der Waals surface area contributed by atoms with Gasteiger partial charge >= 0.3 is 0 Å². The van der Waals surface area contributed by atoms with Crippen molar-refractivity contribution in [1.29, 1.82) is 0 Å². The molecule has 0 saturated heterocycles. The molecule has 2 aromatic rings. The van der Waals surface area contributed by atoms with Crippen LogP contribution in [0.3, 0.4) is 0 Å². The molecule has 160 valence electrons. The third-order valence-corrected chi connectivity index (χ3v) is 4.76. The van der Waals surface area contributed by atoms with Crippen molar-refractivity contribution in [3.8, 4) is 17.1 Å². The summed E-state index contributed by atoms with van der Waals surface area (Å²) in [5.41, 5.74) is 3.36. The maximum absolute atomic E-state index is 9.48. The maximum Gasteiger partial charge on any atom is 0.140 e. The van der Waals surface area contributed by atoms with Crippen LogP contribution in [0.1, 0.15) is 44.7 Å². The summed E-state index contributed by atoms with van der Waals surface area (Å²) < 4.78 is 7.83. The molecule has 1 heterocycles. The van der Waals surface area contributed by atoms with E-state index in [1.165, 1.54) is 12.0 Å². The molecule has 1 aromatic carbocycles. The lowest BCUT2D eigenvalue weighted by Gasteiger charge is -2.09. The zero-order valence-corrected chi connectivity index (χ0v) is 18.3. The predicted octanol–water partition coefficient (Wildman–Crippen LogP) is 6.73. The van der Waals surface area contributed by atoms with Crippen LogP contribution < -0.4 is 0 Å². The first-order chi connectivity index (χ1) is 14.5. The lowest BCUT2D eigenvalue weighted by Crippen LogP contribution is -2.02. The Kier molecular flexibility index (Phi) is 9.72. The number of aromatic hydroxyl groups is 1. The maximum atomic E-state index is 9.48. The van der Waals surface area contributed by atoms with E-state index in [1.54, 1.807) is 12.1 Å². The van der Waals surface area contributed by atoms with Gasteiger partial charge in [0.1, 0.15) is 17.3 Å². The highest BCUT2D eigenvalue weighted by atomic mass is 16.5. The highest BCUT2D eigenvalue weighted by molar-refractivity contribution is 5.57. The third-order valence-electron chi connectivity index (χ3n) is 4.76. The zero-order chi connectivity index (χ0) is 21.8. The Morgan fingerprint density at radius 3 is 2.63 bits per heavy atom. The first-order valence-corrected chi connectivity index (χ1v) is 10.6. The number of rotatable bonds is 13. The van der Waals surface area contributed by atoms with Gasteiger partial charge in [-0.05, 0) is 76.3 Å². The summed E-state index contributed by atoms with van der Waals surface area (Å²) in [6.07, 6.45) is 15.3. The van der Waals surface area contributed by atoms with Crippen molar-refractivity contribution in [2.45, 2.75) is 52.5 Å². The minimum absolute atomic E-state index is 0.261. The van der Waals surface area contributed by atoms with Crippen LogP contribution in [0.4, 0.5) is 0 Å². The van der Waals surface area contributed by atoms with Crippen LogP contribution in [0.15, 0.2) is 79.3 Å². The van der Waals surface area contributed by atoms with Gasteiger partial charge in [0.2, 0.25) is 0 Å². The van der Waals surface area contributed by atoms with Gasteiger partial charge < -0.3 is 14.4 Å². The molecule has 0 bridgehead atoms. The topological polar surface area (TPSA) is 47.3 Å². The van der Waals surface area contributed by atoms with Crippen molar-refractivity contribution in [2.24, 2.45) is 0 Å². The monoisotopic (exact) mass is 406 g/mol. The van der Waals surface area contributed by atoms with Crippen LogP contribution in [-0.2, 0) is 11.3 Å². The SMILES string of the molecule is C=C(C)CCCCCOC(=C)/C=C\C=C/CCn1c(C)cnc1-c1ccc(O)cc1. The molecule has 0 spiro atoms. The Morgan fingerprint density at radius 1 is 1.13 bits per heavy atom. The second-order valence-corrected chi connectivity index (χ2v) is 7.58. The lowest BCUT2D eigenvalue weighted by atomic mass is 10.1. The van der Waals surface area contributed by atoms with Crippen molar-refractivity contribution in [2.75, 3.05) is 6.61 Å². The molecule has 0 aliphatic rings. The number of benzene rings is 1. The van der Waals surface area contributed by atoms with Crippen LogP contribution in [-0.4, -0.2) is 21.3 Å². The summed E-state index contributed by atoms with van der Waals surface area (Å²) in [4.78, 5) is 4.52. The Labute approximate surface area is 180 Å². The molecule has 2 rings (SSSR count). The number of allylic oxidation sites excluding steroid dienone is 5. The number of ether oxygens (including phenoxy) is 1. The fourth-order valence-corrected chi connectivity index (χ4v) is 3.08. The molecule has 0 aliphatic carbocycles. The van der Waals surface area contributed by atoms with E-state index in [4.69, 9.17) is 4.74 Å². The number of hydrogen-bond donors (Lipinski definition) is 1. The van der Waals surface area contributed by atoms with Crippen molar-refractivity contribution in [3.63, 3.8) is 0 Å². The van der Waals surface area contributed by atoms with E-state index in [1.807, 2.05) is 36.6 Å². The highest BCUT2D eigenvalue weighted by Gasteiger charge is 2.08. The number of imidazole rings is 1. The van der Waals surface area contributed by atoms with Crippen LogP contribution in [0.25, 0.3) is 11.4 Å². The molecule has 1 N–H and O–H groups in total. The number of phenols is 1. The molecule has 0 fully saturated rings. The van der Waals surface area contributed by atoms with Gasteiger partial charge in [0.25, 0.3) is 0 Å². The van der Waals surface area contributed by atoms with Crippen molar-refractivity contribution in [3.05, 3.63) is 85.0 Å². The van der Waals surface area contributed by atoms with Crippen LogP contribution in [0, 0.1) is 6.92 Å². The first kappa shape index (κ1) is 23.3. The average Bonchev–Trinajstić information content (AvgIpc) is 3.08.